The maximum atomic E-state index is 12.5. The van der Waals surface area contributed by atoms with E-state index in [-0.39, 0.29) is 17.8 Å². The minimum Gasteiger partial charge on any atom is -0.452 e. The van der Waals surface area contributed by atoms with Gasteiger partial charge in [0.15, 0.2) is 6.10 Å². The Bertz CT molecular complexity index is 761. The summed E-state index contributed by atoms with van der Waals surface area (Å²) >= 11 is 0. The number of hydrogen-bond donors (Lipinski definition) is 0. The minimum atomic E-state index is -0.821. The molecule has 0 unspecified atom stereocenters. The van der Waals surface area contributed by atoms with Crippen molar-refractivity contribution in [1.82, 2.24) is 9.97 Å². The zero-order valence-electron chi connectivity index (χ0n) is 15.6. The normalized spacial score (nSPS) is 15.9. The van der Waals surface area contributed by atoms with Crippen LogP contribution in [0.2, 0.25) is 0 Å². The summed E-state index contributed by atoms with van der Waals surface area (Å²) in [5, 5.41) is 0. The van der Waals surface area contributed by atoms with Gasteiger partial charge in [-0.15, -0.1) is 0 Å². The lowest BCUT2D eigenvalue weighted by Crippen LogP contribution is -2.41. The maximum absolute atomic E-state index is 12.5. The van der Waals surface area contributed by atoms with E-state index in [0.717, 1.165) is 5.69 Å². The third-order valence-corrected chi connectivity index (χ3v) is 4.78. The van der Waals surface area contributed by atoms with Crippen LogP contribution in [0.25, 0.3) is 0 Å². The number of piperidine rings is 1. The summed E-state index contributed by atoms with van der Waals surface area (Å²) in [7, 11) is 1.68. The fraction of sp³-hybridized carbons (Fsp3) is 0.400. The summed E-state index contributed by atoms with van der Waals surface area (Å²) in [6, 6.07) is 11.1. The van der Waals surface area contributed by atoms with Crippen molar-refractivity contribution in [3.05, 3.63) is 48.8 Å². The van der Waals surface area contributed by atoms with Crippen LogP contribution >= 0.6 is 0 Å². The lowest BCUT2D eigenvalue weighted by atomic mass is 9.97. The first-order chi connectivity index (χ1) is 13.1. The molecule has 1 aromatic carbocycles. The quantitative estimate of drug-likeness (QED) is 0.754. The van der Waals surface area contributed by atoms with E-state index >= 15 is 0 Å². The van der Waals surface area contributed by atoms with Gasteiger partial charge in [-0.2, -0.15) is 0 Å². The van der Waals surface area contributed by atoms with Crippen molar-refractivity contribution in [2.24, 2.45) is 5.92 Å². The number of carbonyl (C=O) groups excluding carboxylic acids is 2. The first-order valence-electron chi connectivity index (χ1n) is 9.11. The molecule has 1 saturated heterocycles. The number of likely N-dealkylation sites (N-methyl/N-ethyl adjacent to an activating group) is 1. The first kappa shape index (κ1) is 18.8. The number of esters is 1. The number of nitrogens with zero attached hydrogens (tertiary/aromatic N) is 4. The van der Waals surface area contributed by atoms with Gasteiger partial charge in [-0.1, -0.05) is 18.2 Å². The molecule has 27 heavy (non-hydrogen) atoms. The fourth-order valence-electron chi connectivity index (χ4n) is 3.14. The van der Waals surface area contributed by atoms with Gasteiger partial charge in [0.25, 0.3) is 5.91 Å². The second-order valence-electron chi connectivity index (χ2n) is 6.62. The highest BCUT2D eigenvalue weighted by molar-refractivity contribution is 5.96. The zero-order chi connectivity index (χ0) is 19.2. The van der Waals surface area contributed by atoms with Crippen LogP contribution in [0.4, 0.5) is 11.6 Å². The molecule has 0 N–H and O–H groups in total. The molecular weight excluding hydrogens is 344 g/mol. The summed E-state index contributed by atoms with van der Waals surface area (Å²) < 4.78 is 5.46. The van der Waals surface area contributed by atoms with E-state index in [1.165, 1.54) is 4.90 Å². The Balaban J connectivity index is 1.51. The molecule has 7 heteroatoms. The smallest absolute Gasteiger partial charge is 0.309 e. The molecule has 0 bridgehead atoms. The van der Waals surface area contributed by atoms with Crippen LogP contribution in [-0.2, 0) is 14.3 Å². The van der Waals surface area contributed by atoms with Gasteiger partial charge in [0.05, 0.1) is 5.92 Å². The van der Waals surface area contributed by atoms with Gasteiger partial charge >= 0.3 is 5.97 Å². The van der Waals surface area contributed by atoms with Crippen molar-refractivity contribution in [3.8, 4) is 0 Å². The predicted octanol–water partition coefficient (Wildman–Crippen LogP) is 2.29. The molecule has 142 valence electrons. The predicted molar refractivity (Wildman–Crippen MR) is 102 cm³/mol. The molecule has 0 saturated carbocycles. The number of benzene rings is 1. The van der Waals surface area contributed by atoms with E-state index in [9.17, 15) is 9.59 Å². The summed E-state index contributed by atoms with van der Waals surface area (Å²) in [5.41, 5.74) is 0.765. The van der Waals surface area contributed by atoms with E-state index in [4.69, 9.17) is 4.74 Å². The van der Waals surface area contributed by atoms with Crippen molar-refractivity contribution >= 4 is 23.5 Å². The lowest BCUT2D eigenvalue weighted by Gasteiger charge is -2.31. The maximum Gasteiger partial charge on any atom is 0.309 e. The standard InChI is InChI=1S/C20H24N4O3/c1-15(18(25)23(2)17-7-4-3-5-8-17)27-19(26)16-9-13-24(14-10-16)20-21-11-6-12-22-20/h3-8,11-12,15-16H,9-10,13-14H2,1-2H3/t15-/m1/s1. The molecule has 1 amide bonds. The van der Waals surface area contributed by atoms with Gasteiger partial charge in [-0.05, 0) is 38.0 Å². The van der Waals surface area contributed by atoms with E-state index < -0.39 is 6.10 Å². The highest BCUT2D eigenvalue weighted by Gasteiger charge is 2.30. The molecular formula is C20H24N4O3. The molecule has 1 fully saturated rings. The SMILES string of the molecule is C[C@@H](OC(=O)C1CCN(c2ncccn2)CC1)C(=O)N(C)c1ccccc1. The molecule has 7 nitrogen and oxygen atoms in total. The van der Waals surface area contributed by atoms with Gasteiger partial charge in [-0.3, -0.25) is 9.59 Å². The Morgan fingerprint density at radius 1 is 1.11 bits per heavy atom. The van der Waals surface area contributed by atoms with Crippen LogP contribution in [-0.4, -0.2) is 48.1 Å². The molecule has 0 aliphatic carbocycles. The Labute approximate surface area is 159 Å². The summed E-state index contributed by atoms with van der Waals surface area (Å²) in [5.74, 6) is -0.0878. The van der Waals surface area contributed by atoms with Gasteiger partial charge in [0, 0.05) is 38.2 Å². The van der Waals surface area contributed by atoms with Crippen molar-refractivity contribution in [1.29, 1.82) is 0 Å². The molecule has 0 radical (unpaired) electrons. The molecule has 1 atom stereocenters. The third-order valence-electron chi connectivity index (χ3n) is 4.78. The number of anilines is 2. The minimum absolute atomic E-state index is 0.206. The van der Waals surface area contributed by atoms with Crippen molar-refractivity contribution < 1.29 is 14.3 Å². The Kier molecular flexibility index (Phi) is 6.01. The molecule has 1 aromatic heterocycles. The highest BCUT2D eigenvalue weighted by atomic mass is 16.5. The molecule has 3 rings (SSSR count). The van der Waals surface area contributed by atoms with Crippen LogP contribution in [0, 0.1) is 5.92 Å². The van der Waals surface area contributed by atoms with Gasteiger partial charge in [0.1, 0.15) is 0 Å². The Morgan fingerprint density at radius 2 is 1.74 bits per heavy atom. The van der Waals surface area contributed by atoms with Crippen LogP contribution in [0.5, 0.6) is 0 Å². The topological polar surface area (TPSA) is 75.6 Å². The Hall–Kier alpha value is -2.96. The monoisotopic (exact) mass is 368 g/mol. The molecule has 1 aliphatic heterocycles. The first-order valence-corrected chi connectivity index (χ1v) is 9.11. The van der Waals surface area contributed by atoms with Gasteiger partial charge in [-0.25, -0.2) is 9.97 Å². The second-order valence-corrected chi connectivity index (χ2v) is 6.62. The number of rotatable bonds is 5. The highest BCUT2D eigenvalue weighted by Crippen LogP contribution is 2.22. The number of ether oxygens (including phenoxy) is 1. The van der Waals surface area contributed by atoms with Crippen LogP contribution in [0.3, 0.4) is 0 Å². The Morgan fingerprint density at radius 3 is 2.37 bits per heavy atom. The summed E-state index contributed by atoms with van der Waals surface area (Å²) in [4.78, 5) is 37.0. The summed E-state index contributed by atoms with van der Waals surface area (Å²) in [6.45, 7) is 3.00. The number of carbonyl (C=O) groups is 2. The third kappa shape index (κ3) is 4.61. The number of aromatic nitrogens is 2. The fourth-order valence-corrected chi connectivity index (χ4v) is 3.14. The largest absolute Gasteiger partial charge is 0.452 e. The van der Waals surface area contributed by atoms with E-state index in [1.807, 2.05) is 30.3 Å². The van der Waals surface area contributed by atoms with Crippen molar-refractivity contribution in [3.63, 3.8) is 0 Å². The van der Waals surface area contributed by atoms with Crippen LogP contribution in [0.15, 0.2) is 48.8 Å². The molecule has 2 aromatic rings. The molecule has 2 heterocycles. The average molecular weight is 368 g/mol. The van der Waals surface area contributed by atoms with Crippen molar-refractivity contribution in [2.75, 3.05) is 29.9 Å². The van der Waals surface area contributed by atoms with E-state index in [2.05, 4.69) is 14.9 Å². The second kappa shape index (κ2) is 8.62. The van der Waals surface area contributed by atoms with E-state index in [0.29, 0.717) is 31.9 Å². The molecule has 1 aliphatic rings. The van der Waals surface area contributed by atoms with Crippen LogP contribution in [0.1, 0.15) is 19.8 Å². The van der Waals surface area contributed by atoms with Gasteiger partial charge < -0.3 is 14.5 Å². The van der Waals surface area contributed by atoms with Crippen LogP contribution < -0.4 is 9.80 Å². The summed E-state index contributed by atoms with van der Waals surface area (Å²) in [6.07, 6.45) is 3.91. The lowest BCUT2D eigenvalue weighted by molar-refractivity contribution is -0.158. The zero-order valence-corrected chi connectivity index (χ0v) is 15.6. The number of para-hydroxylation sites is 1. The number of amides is 1. The average Bonchev–Trinajstić information content (AvgIpc) is 2.74. The van der Waals surface area contributed by atoms with Gasteiger partial charge in [0.2, 0.25) is 5.95 Å². The molecule has 0 spiro atoms. The number of hydrogen-bond acceptors (Lipinski definition) is 6. The van der Waals surface area contributed by atoms with E-state index in [1.54, 1.807) is 32.4 Å². The van der Waals surface area contributed by atoms with Crippen molar-refractivity contribution in [2.45, 2.75) is 25.9 Å².